The predicted molar refractivity (Wildman–Crippen MR) is 246 cm³/mol. The minimum absolute atomic E-state index is 0.220. The minimum atomic E-state index is 0.220. The molecule has 8 heteroatoms. The monoisotopic (exact) mass is 817 g/mol. The molecule has 0 aliphatic rings. The topological polar surface area (TPSA) is 83.9 Å². The number of phenolic OH excluding ortho intramolecular Hbond substituents is 2. The smallest absolute Gasteiger partial charge is 0.124 e. The summed E-state index contributed by atoms with van der Waals surface area (Å²) in [6.45, 7) is 12.4. The molecule has 2 atom stereocenters. The molecule has 0 bridgehead atoms. The largest absolute Gasteiger partial charge is 0.508 e. The molecular weight excluding hydrogens is 749 g/mol. The molecule has 0 heterocycles. The highest BCUT2D eigenvalue weighted by molar-refractivity contribution is 5.56. The van der Waals surface area contributed by atoms with E-state index < -0.39 is 0 Å². The van der Waals surface area contributed by atoms with Gasteiger partial charge in [-0.25, -0.2) is 0 Å². The van der Waals surface area contributed by atoms with Crippen molar-refractivity contribution in [1.82, 2.24) is 0 Å². The van der Waals surface area contributed by atoms with E-state index in [2.05, 4.69) is 61.8 Å². The molecule has 0 saturated heterocycles. The van der Waals surface area contributed by atoms with Crippen LogP contribution in [0.4, 0.5) is 11.4 Å². The molecule has 2 unspecified atom stereocenters. The van der Waals surface area contributed by atoms with Crippen molar-refractivity contribution in [1.29, 1.82) is 0 Å². The zero-order chi connectivity index (χ0) is 42.7. The molecule has 0 spiro atoms. The molecule has 322 valence electrons. The van der Waals surface area contributed by atoms with Gasteiger partial charge in [-0.1, -0.05) is 103 Å². The highest BCUT2D eigenvalue weighted by Gasteiger charge is 2.22. The molecule has 8 nitrogen and oxygen atoms in total. The van der Waals surface area contributed by atoms with Crippen LogP contribution in [-0.2, 0) is 26.2 Å². The van der Waals surface area contributed by atoms with E-state index in [-0.39, 0.29) is 11.5 Å². The van der Waals surface area contributed by atoms with Crippen molar-refractivity contribution in [3.05, 3.63) is 131 Å². The van der Waals surface area contributed by atoms with Gasteiger partial charge in [0.2, 0.25) is 0 Å². The van der Waals surface area contributed by atoms with Crippen LogP contribution in [0.25, 0.3) is 0 Å². The number of hydrogen-bond acceptors (Lipinski definition) is 8. The maximum Gasteiger partial charge on any atom is 0.124 e. The lowest BCUT2D eigenvalue weighted by Crippen LogP contribution is -2.25. The van der Waals surface area contributed by atoms with Gasteiger partial charge < -0.3 is 39.0 Å². The second-order valence-corrected chi connectivity index (χ2v) is 15.9. The van der Waals surface area contributed by atoms with Gasteiger partial charge in [0.15, 0.2) is 0 Å². The summed E-state index contributed by atoms with van der Waals surface area (Å²) in [6, 6.07) is 35.4. The minimum Gasteiger partial charge on any atom is -0.508 e. The zero-order valence-corrected chi connectivity index (χ0v) is 36.9. The van der Waals surface area contributed by atoms with Crippen LogP contribution < -0.4 is 28.7 Å². The van der Waals surface area contributed by atoms with Crippen LogP contribution in [0.2, 0.25) is 0 Å². The van der Waals surface area contributed by atoms with E-state index in [1.807, 2.05) is 60.7 Å². The van der Waals surface area contributed by atoms with Crippen molar-refractivity contribution in [2.24, 2.45) is 11.8 Å². The fraction of sp³-hybridized carbons (Fsp3) is 0.423. The summed E-state index contributed by atoms with van der Waals surface area (Å²) in [5.41, 5.74) is 6.07. The van der Waals surface area contributed by atoms with Crippen LogP contribution >= 0.6 is 0 Å². The van der Waals surface area contributed by atoms with Gasteiger partial charge >= 0.3 is 0 Å². The molecule has 60 heavy (non-hydrogen) atoms. The van der Waals surface area contributed by atoms with E-state index in [1.165, 1.54) is 12.8 Å². The Kier molecular flexibility index (Phi) is 18.2. The van der Waals surface area contributed by atoms with Gasteiger partial charge in [0, 0.05) is 59.8 Å². The quantitative estimate of drug-likeness (QED) is 0.0571. The lowest BCUT2D eigenvalue weighted by Gasteiger charge is -2.30. The number of nitrogens with zero attached hydrogens (tertiary/aromatic N) is 2. The van der Waals surface area contributed by atoms with Gasteiger partial charge in [0.05, 0.1) is 27.4 Å². The Labute approximate surface area is 359 Å². The zero-order valence-electron chi connectivity index (χ0n) is 36.9. The van der Waals surface area contributed by atoms with Gasteiger partial charge in [-0.3, -0.25) is 0 Å². The fourth-order valence-corrected chi connectivity index (χ4v) is 7.67. The van der Waals surface area contributed by atoms with Gasteiger partial charge in [-0.2, -0.15) is 0 Å². The third-order valence-electron chi connectivity index (χ3n) is 11.5. The molecule has 0 fully saturated rings. The number of aromatic hydroxyl groups is 2. The van der Waals surface area contributed by atoms with Crippen molar-refractivity contribution >= 4 is 11.4 Å². The first-order valence-corrected chi connectivity index (χ1v) is 22.0. The number of anilines is 2. The molecular formula is C52H68N2O6. The lowest BCUT2D eigenvalue weighted by atomic mass is 10.00. The number of hydrogen-bond donors (Lipinski definition) is 2. The molecule has 0 saturated carbocycles. The van der Waals surface area contributed by atoms with E-state index in [4.69, 9.17) is 18.9 Å². The summed E-state index contributed by atoms with van der Waals surface area (Å²) >= 11 is 0. The molecule has 0 amide bonds. The number of benzene rings is 5. The second-order valence-electron chi connectivity index (χ2n) is 15.9. The molecule has 0 radical (unpaired) electrons. The van der Waals surface area contributed by atoms with Crippen molar-refractivity contribution in [2.45, 2.75) is 105 Å². The number of ether oxygens (including phenoxy) is 4. The fourth-order valence-electron chi connectivity index (χ4n) is 7.67. The number of unbranched alkanes of at least 4 members (excludes halogenated alkanes) is 2. The van der Waals surface area contributed by atoms with Crippen molar-refractivity contribution < 1.29 is 29.2 Å². The predicted octanol–water partition coefficient (Wildman–Crippen LogP) is 12.7. The van der Waals surface area contributed by atoms with Gasteiger partial charge in [0.1, 0.15) is 34.5 Å². The normalized spacial score (nSPS) is 12.1. The van der Waals surface area contributed by atoms with Crippen molar-refractivity contribution in [2.75, 3.05) is 37.2 Å². The maximum atomic E-state index is 10.3. The highest BCUT2D eigenvalue weighted by atomic mass is 16.5. The molecule has 0 aliphatic carbocycles. The van der Waals surface area contributed by atoms with E-state index in [9.17, 15) is 10.2 Å². The number of methoxy groups -OCH3 is 2. The van der Waals surface area contributed by atoms with Gasteiger partial charge in [0.25, 0.3) is 0 Å². The number of phenols is 2. The first-order chi connectivity index (χ1) is 29.3. The Morgan fingerprint density at radius 2 is 0.833 bits per heavy atom. The standard InChI is InChI=1S/C52H68N2O6/c1-7-11-17-39(9-3)37-59-51-31-44(36-54(46-25-29-48(56)30-26-46)34-42-20-14-16-22-50(42)58-6)52(60-38-40(10-4)18-12-8-2)32-43(51)35-53(45-23-27-47(55)28-24-45)33-41-19-13-15-21-49(41)57-5/h13-16,19-32,39-40,55-56H,7-12,17-18,33-38H2,1-6H3. The summed E-state index contributed by atoms with van der Waals surface area (Å²) in [5.74, 6) is 4.61. The van der Waals surface area contributed by atoms with E-state index in [0.717, 1.165) is 95.2 Å². The Bertz CT molecular complexity index is 1850. The SMILES string of the molecule is CCCCC(CC)COc1cc(CN(Cc2ccccc2OC)c2ccc(O)cc2)c(OCC(CC)CCCC)cc1CN(Cc1ccccc1OC)c1ccc(O)cc1. The highest BCUT2D eigenvalue weighted by Crippen LogP contribution is 2.37. The number of rotatable bonds is 26. The molecule has 5 rings (SSSR count). The molecule has 2 N–H and O–H groups in total. The summed E-state index contributed by atoms with van der Waals surface area (Å²) < 4.78 is 25.6. The van der Waals surface area contributed by atoms with Crippen LogP contribution in [0.5, 0.6) is 34.5 Å². The average molecular weight is 817 g/mol. The summed E-state index contributed by atoms with van der Waals surface area (Å²) in [4.78, 5) is 4.61. The number of para-hydroxylation sites is 2. The second kappa shape index (κ2) is 23.9. The molecule has 0 aromatic heterocycles. The van der Waals surface area contributed by atoms with Crippen LogP contribution in [0, 0.1) is 11.8 Å². The maximum absolute atomic E-state index is 10.3. The van der Waals surface area contributed by atoms with Gasteiger partial charge in [-0.15, -0.1) is 0 Å². The Morgan fingerprint density at radius 1 is 0.467 bits per heavy atom. The first-order valence-electron chi connectivity index (χ1n) is 22.0. The van der Waals surface area contributed by atoms with E-state index in [0.29, 0.717) is 51.2 Å². The van der Waals surface area contributed by atoms with E-state index in [1.54, 1.807) is 38.5 Å². The van der Waals surface area contributed by atoms with Crippen molar-refractivity contribution in [3.8, 4) is 34.5 Å². The Morgan fingerprint density at radius 3 is 1.18 bits per heavy atom. The van der Waals surface area contributed by atoms with Crippen LogP contribution in [0.1, 0.15) is 101 Å². The Hall–Kier alpha value is -5.50. The summed E-state index contributed by atoms with van der Waals surface area (Å²) in [6.07, 6.45) is 8.96. The molecule has 5 aromatic rings. The van der Waals surface area contributed by atoms with Crippen LogP contribution in [0.3, 0.4) is 0 Å². The third kappa shape index (κ3) is 13.3. The molecule has 5 aromatic carbocycles. The summed E-state index contributed by atoms with van der Waals surface area (Å²) in [7, 11) is 3.42. The Balaban J connectivity index is 1.65. The first kappa shape index (κ1) is 45.6. The van der Waals surface area contributed by atoms with Crippen LogP contribution in [-0.4, -0.2) is 37.6 Å². The van der Waals surface area contributed by atoms with E-state index >= 15 is 0 Å². The van der Waals surface area contributed by atoms with Crippen LogP contribution in [0.15, 0.2) is 109 Å². The van der Waals surface area contributed by atoms with Gasteiger partial charge in [-0.05, 0) is 97.5 Å². The third-order valence-corrected chi connectivity index (χ3v) is 11.5. The summed E-state index contributed by atoms with van der Waals surface area (Å²) in [5, 5.41) is 20.6. The van der Waals surface area contributed by atoms with Crippen molar-refractivity contribution in [3.63, 3.8) is 0 Å². The average Bonchev–Trinajstić information content (AvgIpc) is 3.27. The molecule has 0 aliphatic heterocycles. The lowest BCUT2D eigenvalue weighted by molar-refractivity contribution is 0.224.